The van der Waals surface area contributed by atoms with E-state index in [9.17, 15) is 19.7 Å². The van der Waals surface area contributed by atoms with Gasteiger partial charge in [-0.25, -0.2) is 0 Å². The molecule has 26 heavy (non-hydrogen) atoms. The molecule has 1 aromatic rings. The van der Waals surface area contributed by atoms with E-state index in [1.165, 1.54) is 12.1 Å². The smallest absolute Gasteiger partial charge is 0.324 e. The molecule has 2 N–H and O–H groups in total. The Bertz CT molecular complexity index is 751. The number of carbonyl (C=O) groups excluding carboxylic acids is 2. The van der Waals surface area contributed by atoms with E-state index >= 15 is 0 Å². The van der Waals surface area contributed by atoms with Gasteiger partial charge in [0.05, 0.1) is 9.80 Å². The molecule has 2 aliphatic heterocycles. The van der Waals surface area contributed by atoms with E-state index in [-0.39, 0.29) is 22.9 Å². The SMILES string of the molecule is NC1CCC2CN(C(=O)C3CCCN3C(=O)c3ccc([N+](=O)[O-])s3)CC12. The van der Waals surface area contributed by atoms with Crippen LogP contribution in [0, 0.1) is 22.0 Å². The van der Waals surface area contributed by atoms with Gasteiger partial charge in [0, 0.05) is 31.7 Å². The number of carbonyl (C=O) groups is 2. The number of amides is 2. The van der Waals surface area contributed by atoms with Crippen LogP contribution in [0.25, 0.3) is 0 Å². The lowest BCUT2D eigenvalue weighted by molar-refractivity contribution is -0.380. The molecule has 3 aliphatic rings. The van der Waals surface area contributed by atoms with E-state index in [0.717, 1.165) is 37.1 Å². The Hall–Kier alpha value is -2.00. The van der Waals surface area contributed by atoms with Gasteiger partial charge in [0.1, 0.15) is 6.04 Å². The Kier molecular flexibility index (Phi) is 4.44. The average Bonchev–Trinajstić information content (AvgIpc) is 3.39. The zero-order valence-corrected chi connectivity index (χ0v) is 15.2. The lowest BCUT2D eigenvalue weighted by atomic mass is 9.98. The van der Waals surface area contributed by atoms with Crippen LogP contribution in [-0.4, -0.2) is 58.3 Å². The van der Waals surface area contributed by atoms with Crippen LogP contribution < -0.4 is 5.73 Å². The molecule has 140 valence electrons. The third-order valence-corrected chi connectivity index (χ3v) is 7.03. The van der Waals surface area contributed by atoms with Gasteiger partial charge >= 0.3 is 5.00 Å². The molecule has 3 fully saturated rings. The second kappa shape index (κ2) is 6.62. The molecular formula is C17H22N4O4S. The van der Waals surface area contributed by atoms with Gasteiger partial charge < -0.3 is 15.5 Å². The highest BCUT2D eigenvalue weighted by atomic mass is 32.1. The summed E-state index contributed by atoms with van der Waals surface area (Å²) in [5, 5.41) is 10.8. The van der Waals surface area contributed by atoms with Crippen molar-refractivity contribution in [3.63, 3.8) is 0 Å². The topological polar surface area (TPSA) is 110 Å². The fourth-order valence-electron chi connectivity index (χ4n) is 4.65. The van der Waals surface area contributed by atoms with Crippen molar-refractivity contribution in [2.24, 2.45) is 17.6 Å². The second-order valence-electron chi connectivity index (χ2n) is 7.46. The maximum absolute atomic E-state index is 13.0. The number of nitrogens with two attached hydrogens (primary N) is 1. The molecule has 4 atom stereocenters. The standard InChI is InChI=1S/C17H22N4O4S/c18-12-4-3-10-8-19(9-11(10)12)16(22)13-2-1-7-20(13)17(23)14-5-6-15(26-14)21(24)25/h5-6,10-13H,1-4,7-9,18H2. The van der Waals surface area contributed by atoms with Crippen molar-refractivity contribution >= 4 is 28.2 Å². The predicted octanol–water partition coefficient (Wildman–Crippen LogP) is 1.46. The van der Waals surface area contributed by atoms with Crippen LogP contribution in [0.3, 0.4) is 0 Å². The lowest BCUT2D eigenvalue weighted by Crippen LogP contribution is -2.47. The van der Waals surface area contributed by atoms with Gasteiger partial charge in [-0.05, 0) is 43.6 Å². The van der Waals surface area contributed by atoms with Gasteiger partial charge in [-0.15, -0.1) is 0 Å². The second-order valence-corrected chi connectivity index (χ2v) is 8.52. The molecule has 0 radical (unpaired) electrons. The molecule has 9 heteroatoms. The third kappa shape index (κ3) is 2.88. The maximum atomic E-state index is 13.0. The molecule has 4 unspecified atom stereocenters. The third-order valence-electron chi connectivity index (χ3n) is 6.01. The summed E-state index contributed by atoms with van der Waals surface area (Å²) in [6, 6.07) is 2.53. The fraction of sp³-hybridized carbons (Fsp3) is 0.647. The fourth-order valence-corrected chi connectivity index (χ4v) is 5.42. The first-order valence-corrected chi connectivity index (χ1v) is 9.87. The Balaban J connectivity index is 1.47. The number of rotatable bonds is 3. The summed E-state index contributed by atoms with van der Waals surface area (Å²) in [6.45, 7) is 1.94. The number of fused-ring (bicyclic) bond motifs is 1. The Morgan fingerprint density at radius 2 is 2.04 bits per heavy atom. The zero-order valence-electron chi connectivity index (χ0n) is 14.4. The molecule has 1 saturated carbocycles. The number of likely N-dealkylation sites (tertiary alicyclic amines) is 2. The summed E-state index contributed by atoms with van der Waals surface area (Å²) in [4.78, 5) is 39.9. The Morgan fingerprint density at radius 1 is 1.23 bits per heavy atom. The van der Waals surface area contributed by atoms with Crippen molar-refractivity contribution in [3.8, 4) is 0 Å². The largest absolute Gasteiger partial charge is 0.340 e. The molecule has 1 aliphatic carbocycles. The number of thiophene rings is 1. The first-order valence-electron chi connectivity index (χ1n) is 9.05. The maximum Gasteiger partial charge on any atom is 0.324 e. The summed E-state index contributed by atoms with van der Waals surface area (Å²) in [6.07, 6.45) is 3.52. The highest BCUT2D eigenvalue weighted by Crippen LogP contribution is 2.38. The van der Waals surface area contributed by atoms with E-state index in [0.29, 0.717) is 36.2 Å². The molecular weight excluding hydrogens is 356 g/mol. The normalized spacial score (nSPS) is 30.7. The molecule has 4 rings (SSSR count). The van der Waals surface area contributed by atoms with Crippen LogP contribution in [0.5, 0.6) is 0 Å². The minimum Gasteiger partial charge on any atom is -0.340 e. The molecule has 0 spiro atoms. The van der Waals surface area contributed by atoms with Crippen LogP contribution in [0.1, 0.15) is 35.4 Å². The molecule has 3 heterocycles. The van der Waals surface area contributed by atoms with Crippen LogP contribution in [0.2, 0.25) is 0 Å². The van der Waals surface area contributed by atoms with Crippen LogP contribution >= 0.6 is 11.3 Å². The quantitative estimate of drug-likeness (QED) is 0.632. The summed E-state index contributed by atoms with van der Waals surface area (Å²) >= 11 is 0.864. The first-order chi connectivity index (χ1) is 12.5. The van der Waals surface area contributed by atoms with Gasteiger partial charge in [-0.1, -0.05) is 11.3 Å². The number of nitro groups is 1. The molecule has 1 aromatic heterocycles. The minimum absolute atomic E-state index is 0.00325. The summed E-state index contributed by atoms with van der Waals surface area (Å²) in [7, 11) is 0. The number of hydrogen-bond acceptors (Lipinski definition) is 6. The summed E-state index contributed by atoms with van der Waals surface area (Å²) in [5.41, 5.74) is 6.16. The number of hydrogen-bond donors (Lipinski definition) is 1. The van der Waals surface area contributed by atoms with E-state index in [2.05, 4.69) is 0 Å². The zero-order chi connectivity index (χ0) is 18.4. The molecule has 2 saturated heterocycles. The van der Waals surface area contributed by atoms with Crippen LogP contribution in [-0.2, 0) is 4.79 Å². The van der Waals surface area contributed by atoms with E-state index in [1.54, 1.807) is 4.90 Å². The highest BCUT2D eigenvalue weighted by molar-refractivity contribution is 7.17. The van der Waals surface area contributed by atoms with Gasteiger partial charge in [-0.2, -0.15) is 0 Å². The van der Waals surface area contributed by atoms with Crippen molar-refractivity contribution in [2.45, 2.75) is 37.8 Å². The van der Waals surface area contributed by atoms with E-state index in [1.807, 2.05) is 4.90 Å². The molecule has 8 nitrogen and oxygen atoms in total. The monoisotopic (exact) mass is 378 g/mol. The Morgan fingerprint density at radius 3 is 2.73 bits per heavy atom. The summed E-state index contributed by atoms with van der Waals surface area (Å²) in [5.74, 6) is 0.586. The van der Waals surface area contributed by atoms with Gasteiger partial charge in [0.25, 0.3) is 5.91 Å². The highest BCUT2D eigenvalue weighted by Gasteiger charge is 2.45. The van der Waals surface area contributed by atoms with E-state index < -0.39 is 11.0 Å². The summed E-state index contributed by atoms with van der Waals surface area (Å²) < 4.78 is 0. The molecule has 0 aromatic carbocycles. The van der Waals surface area contributed by atoms with Crippen molar-refractivity contribution < 1.29 is 14.5 Å². The van der Waals surface area contributed by atoms with Crippen molar-refractivity contribution in [1.29, 1.82) is 0 Å². The molecule has 0 bridgehead atoms. The lowest BCUT2D eigenvalue weighted by Gasteiger charge is -2.28. The minimum atomic E-state index is -0.500. The van der Waals surface area contributed by atoms with Crippen molar-refractivity contribution in [1.82, 2.24) is 9.80 Å². The van der Waals surface area contributed by atoms with Gasteiger partial charge in [0.15, 0.2) is 0 Å². The van der Waals surface area contributed by atoms with Gasteiger partial charge in [-0.3, -0.25) is 19.7 Å². The van der Waals surface area contributed by atoms with Crippen molar-refractivity contribution in [3.05, 3.63) is 27.1 Å². The van der Waals surface area contributed by atoms with E-state index in [4.69, 9.17) is 5.73 Å². The average molecular weight is 378 g/mol. The molecule has 2 amide bonds. The Labute approximate surface area is 155 Å². The van der Waals surface area contributed by atoms with Crippen LogP contribution in [0.4, 0.5) is 5.00 Å². The predicted molar refractivity (Wildman–Crippen MR) is 95.8 cm³/mol. The first kappa shape index (κ1) is 17.4. The van der Waals surface area contributed by atoms with Crippen molar-refractivity contribution in [2.75, 3.05) is 19.6 Å². The van der Waals surface area contributed by atoms with Gasteiger partial charge in [0.2, 0.25) is 5.91 Å². The number of nitrogens with zero attached hydrogens (tertiary/aromatic N) is 3. The van der Waals surface area contributed by atoms with Crippen LogP contribution in [0.15, 0.2) is 12.1 Å².